The first-order chi connectivity index (χ1) is 14.6. The molecular formula is C23H23N3O4. The van der Waals surface area contributed by atoms with E-state index >= 15 is 0 Å². The van der Waals surface area contributed by atoms with E-state index in [0.717, 1.165) is 28.7 Å². The summed E-state index contributed by atoms with van der Waals surface area (Å²) in [6, 6.07) is 14.5. The minimum Gasteiger partial charge on any atom is -0.460 e. The van der Waals surface area contributed by atoms with Gasteiger partial charge < -0.3 is 14.2 Å². The molecule has 3 aromatic rings. The third-order valence-corrected chi connectivity index (χ3v) is 5.43. The first kappa shape index (κ1) is 19.7. The van der Waals surface area contributed by atoms with Crippen molar-refractivity contribution in [3.63, 3.8) is 0 Å². The molecular weight excluding hydrogens is 382 g/mol. The molecule has 1 aliphatic heterocycles. The summed E-state index contributed by atoms with van der Waals surface area (Å²) in [5, 5.41) is 12.3. The highest BCUT2D eigenvalue weighted by atomic mass is 16.6. The number of piperazine rings is 1. The molecule has 4 rings (SSSR count). The summed E-state index contributed by atoms with van der Waals surface area (Å²) in [6.07, 6.45) is 4.18. The van der Waals surface area contributed by atoms with Gasteiger partial charge in [-0.25, -0.2) is 0 Å². The van der Waals surface area contributed by atoms with E-state index in [2.05, 4.69) is 0 Å². The van der Waals surface area contributed by atoms with Gasteiger partial charge in [0.1, 0.15) is 17.0 Å². The second-order valence-corrected chi connectivity index (χ2v) is 7.18. The molecule has 30 heavy (non-hydrogen) atoms. The number of rotatable bonds is 5. The van der Waals surface area contributed by atoms with E-state index < -0.39 is 0 Å². The molecule has 0 saturated carbocycles. The number of carbonyl (C=O) groups is 1. The third-order valence-electron chi connectivity index (χ3n) is 5.43. The number of carbonyl (C=O) groups excluding carboxylic acids is 1. The fraction of sp³-hybridized carbons (Fsp3) is 0.261. The molecule has 1 amide bonds. The molecule has 0 spiro atoms. The number of nitro benzene ring substituents is 1. The molecule has 1 aromatic heterocycles. The quantitative estimate of drug-likeness (QED) is 0.360. The van der Waals surface area contributed by atoms with Crippen molar-refractivity contribution in [3.05, 3.63) is 76.0 Å². The van der Waals surface area contributed by atoms with Crippen molar-refractivity contribution in [2.45, 2.75) is 13.3 Å². The molecule has 0 bridgehead atoms. The molecule has 0 aliphatic carbocycles. The predicted octanol–water partition coefficient (Wildman–Crippen LogP) is 4.27. The number of nitro groups is 1. The van der Waals surface area contributed by atoms with Gasteiger partial charge in [-0.3, -0.25) is 14.9 Å². The van der Waals surface area contributed by atoms with Gasteiger partial charge in [-0.15, -0.1) is 0 Å². The van der Waals surface area contributed by atoms with E-state index in [1.54, 1.807) is 29.2 Å². The fourth-order valence-electron chi connectivity index (χ4n) is 3.88. The maximum atomic E-state index is 12.7. The zero-order valence-electron chi connectivity index (χ0n) is 16.8. The van der Waals surface area contributed by atoms with Crippen molar-refractivity contribution in [1.29, 1.82) is 0 Å². The Morgan fingerprint density at radius 2 is 1.80 bits per heavy atom. The molecule has 1 aliphatic rings. The maximum absolute atomic E-state index is 12.7. The Kier molecular flexibility index (Phi) is 5.52. The van der Waals surface area contributed by atoms with Crippen molar-refractivity contribution in [1.82, 2.24) is 4.90 Å². The molecule has 0 N–H and O–H groups in total. The molecule has 154 valence electrons. The van der Waals surface area contributed by atoms with Crippen LogP contribution in [0.15, 0.2) is 59.0 Å². The van der Waals surface area contributed by atoms with Gasteiger partial charge in [0, 0.05) is 55.7 Å². The Hall–Kier alpha value is -3.61. The van der Waals surface area contributed by atoms with Crippen molar-refractivity contribution >= 4 is 34.3 Å². The van der Waals surface area contributed by atoms with Gasteiger partial charge in [0.2, 0.25) is 5.91 Å². The number of anilines is 1. The standard InChI is InChI=1S/C23H23N3O4/c1-2-21-18(17-7-3-6-10-22(17)30-21)11-12-23(27)25-15-13-24(14-16-25)19-8-4-5-9-20(19)26(28)29/h3-12H,2,13-16H2,1H3/b12-11+. The second kappa shape index (κ2) is 8.41. The molecule has 0 radical (unpaired) electrons. The van der Waals surface area contributed by atoms with Crippen molar-refractivity contribution in [3.8, 4) is 0 Å². The lowest BCUT2D eigenvalue weighted by Crippen LogP contribution is -2.48. The Morgan fingerprint density at radius 3 is 2.53 bits per heavy atom. The number of nitrogens with zero attached hydrogens (tertiary/aromatic N) is 3. The van der Waals surface area contributed by atoms with Crippen molar-refractivity contribution in [2.75, 3.05) is 31.1 Å². The number of fused-ring (bicyclic) bond motifs is 1. The normalized spacial score (nSPS) is 14.6. The molecule has 0 atom stereocenters. The van der Waals surface area contributed by atoms with Gasteiger partial charge in [-0.05, 0) is 18.2 Å². The van der Waals surface area contributed by atoms with E-state index in [1.165, 1.54) is 6.07 Å². The van der Waals surface area contributed by atoms with Crippen LogP contribution in [0.4, 0.5) is 11.4 Å². The van der Waals surface area contributed by atoms with Crippen molar-refractivity contribution in [2.24, 2.45) is 0 Å². The molecule has 1 saturated heterocycles. The van der Waals surface area contributed by atoms with E-state index in [1.807, 2.05) is 42.2 Å². The Bertz CT molecular complexity index is 1110. The molecule has 7 nitrogen and oxygen atoms in total. The number of hydrogen-bond donors (Lipinski definition) is 0. The number of aryl methyl sites for hydroxylation is 1. The molecule has 2 heterocycles. The number of para-hydroxylation sites is 3. The van der Waals surface area contributed by atoms with Gasteiger partial charge >= 0.3 is 0 Å². The lowest BCUT2D eigenvalue weighted by Gasteiger charge is -2.35. The molecule has 2 aromatic carbocycles. The van der Waals surface area contributed by atoms with Crippen LogP contribution in [0, 0.1) is 10.1 Å². The van der Waals surface area contributed by atoms with Crippen LogP contribution in [0.1, 0.15) is 18.2 Å². The lowest BCUT2D eigenvalue weighted by molar-refractivity contribution is -0.384. The lowest BCUT2D eigenvalue weighted by atomic mass is 10.1. The first-order valence-corrected chi connectivity index (χ1v) is 10.0. The van der Waals surface area contributed by atoms with Gasteiger partial charge in [0.15, 0.2) is 0 Å². The summed E-state index contributed by atoms with van der Waals surface area (Å²) >= 11 is 0. The van der Waals surface area contributed by atoms with E-state index in [-0.39, 0.29) is 16.5 Å². The van der Waals surface area contributed by atoms with E-state index in [4.69, 9.17) is 4.42 Å². The zero-order chi connectivity index (χ0) is 21.1. The van der Waals surface area contributed by atoms with E-state index in [0.29, 0.717) is 31.9 Å². The van der Waals surface area contributed by atoms with Crippen LogP contribution in [0.5, 0.6) is 0 Å². The summed E-state index contributed by atoms with van der Waals surface area (Å²) in [5.74, 6) is 0.797. The highest BCUT2D eigenvalue weighted by molar-refractivity contribution is 5.96. The second-order valence-electron chi connectivity index (χ2n) is 7.18. The number of hydrogen-bond acceptors (Lipinski definition) is 5. The highest BCUT2D eigenvalue weighted by Crippen LogP contribution is 2.29. The Balaban J connectivity index is 1.45. The van der Waals surface area contributed by atoms with Gasteiger partial charge in [0.05, 0.1) is 4.92 Å². The summed E-state index contributed by atoms with van der Waals surface area (Å²) in [6.45, 7) is 4.17. The largest absolute Gasteiger partial charge is 0.460 e. The summed E-state index contributed by atoms with van der Waals surface area (Å²) in [4.78, 5) is 27.4. The molecule has 0 unspecified atom stereocenters. The maximum Gasteiger partial charge on any atom is 0.292 e. The smallest absolute Gasteiger partial charge is 0.292 e. The predicted molar refractivity (Wildman–Crippen MR) is 117 cm³/mol. The Morgan fingerprint density at radius 1 is 1.10 bits per heavy atom. The number of furan rings is 1. The topological polar surface area (TPSA) is 79.8 Å². The monoisotopic (exact) mass is 405 g/mol. The van der Waals surface area contributed by atoms with Crippen LogP contribution in [-0.4, -0.2) is 41.9 Å². The molecule has 1 fully saturated rings. The third kappa shape index (κ3) is 3.78. The van der Waals surface area contributed by atoms with Crippen LogP contribution in [0.3, 0.4) is 0 Å². The average molecular weight is 405 g/mol. The Labute approximate surface area is 174 Å². The van der Waals surface area contributed by atoms with Gasteiger partial charge in [-0.2, -0.15) is 0 Å². The SMILES string of the molecule is CCc1oc2ccccc2c1/C=C/C(=O)N1CCN(c2ccccc2[N+](=O)[O-])CC1. The number of benzene rings is 2. The zero-order valence-corrected chi connectivity index (χ0v) is 16.8. The average Bonchev–Trinajstić information content (AvgIpc) is 3.15. The van der Waals surface area contributed by atoms with Gasteiger partial charge in [-0.1, -0.05) is 37.3 Å². The van der Waals surface area contributed by atoms with Crippen molar-refractivity contribution < 1.29 is 14.1 Å². The van der Waals surface area contributed by atoms with E-state index in [9.17, 15) is 14.9 Å². The summed E-state index contributed by atoms with van der Waals surface area (Å²) in [5.41, 5.74) is 2.46. The first-order valence-electron chi connectivity index (χ1n) is 10.0. The van der Waals surface area contributed by atoms with Crippen LogP contribution < -0.4 is 4.90 Å². The van der Waals surface area contributed by atoms with Crippen LogP contribution in [0.25, 0.3) is 17.0 Å². The minimum atomic E-state index is -0.365. The highest BCUT2D eigenvalue weighted by Gasteiger charge is 2.24. The summed E-state index contributed by atoms with van der Waals surface area (Å²) < 4.78 is 5.88. The van der Waals surface area contributed by atoms with Gasteiger partial charge in [0.25, 0.3) is 5.69 Å². The number of amides is 1. The minimum absolute atomic E-state index is 0.0652. The summed E-state index contributed by atoms with van der Waals surface area (Å²) in [7, 11) is 0. The fourth-order valence-corrected chi connectivity index (χ4v) is 3.88. The van der Waals surface area contributed by atoms with Crippen LogP contribution in [-0.2, 0) is 11.2 Å². The van der Waals surface area contributed by atoms with Crippen LogP contribution >= 0.6 is 0 Å². The molecule has 7 heteroatoms. The van der Waals surface area contributed by atoms with Crippen LogP contribution in [0.2, 0.25) is 0 Å².